The Kier molecular flexibility index (Phi) is 5.67. The Morgan fingerprint density at radius 3 is 2.52 bits per heavy atom. The summed E-state index contributed by atoms with van der Waals surface area (Å²) < 4.78 is 55.2. The predicted octanol–water partition coefficient (Wildman–Crippen LogP) is 3.04. The highest BCUT2D eigenvalue weighted by Crippen LogP contribution is 2.13. The van der Waals surface area contributed by atoms with E-state index in [1.807, 2.05) is 11.5 Å². The van der Waals surface area contributed by atoms with Gasteiger partial charge in [-0.2, -0.15) is 0 Å². The number of hydrogen-bond donors (Lipinski definition) is 1. The van der Waals surface area contributed by atoms with Crippen molar-refractivity contribution in [1.29, 1.82) is 0 Å². The fourth-order valence-corrected chi connectivity index (χ4v) is 3.78. The third-order valence-corrected chi connectivity index (χ3v) is 5.60. The summed E-state index contributed by atoms with van der Waals surface area (Å²) in [5.41, 5.74) is 1.83. The molecule has 5 nitrogen and oxygen atoms in total. The quantitative estimate of drug-likeness (QED) is 0.673. The molecule has 0 aliphatic carbocycles. The van der Waals surface area contributed by atoms with E-state index in [1.165, 1.54) is 30.3 Å². The van der Waals surface area contributed by atoms with Crippen LogP contribution in [0.15, 0.2) is 59.6 Å². The number of hydrogen-bond acceptors (Lipinski definition) is 3. The normalized spacial score (nSPS) is 11.7. The van der Waals surface area contributed by atoms with Crippen LogP contribution >= 0.6 is 0 Å². The van der Waals surface area contributed by atoms with Crippen LogP contribution in [0, 0.1) is 18.6 Å². The first-order valence-electron chi connectivity index (χ1n) is 8.36. The van der Waals surface area contributed by atoms with Crippen molar-refractivity contribution in [3.63, 3.8) is 0 Å². The van der Waals surface area contributed by atoms with Crippen LogP contribution in [0.5, 0.6) is 0 Å². The van der Waals surface area contributed by atoms with Crippen LogP contribution in [0.3, 0.4) is 0 Å². The molecule has 3 rings (SSSR count). The minimum absolute atomic E-state index is 0.117. The monoisotopic (exact) mass is 391 g/mol. The fraction of sp³-hybridized carbons (Fsp3) is 0.211. The molecule has 0 radical (unpaired) electrons. The molecular formula is C19H19F2N3O2S. The average Bonchev–Trinajstić information content (AvgIpc) is 2.97. The first-order valence-corrected chi connectivity index (χ1v) is 9.84. The number of halogens is 2. The van der Waals surface area contributed by atoms with E-state index >= 15 is 0 Å². The average molecular weight is 391 g/mol. The fourth-order valence-electron chi connectivity index (χ4n) is 2.71. The minimum atomic E-state index is -3.79. The molecule has 0 bridgehead atoms. The minimum Gasteiger partial charge on any atom is -0.328 e. The summed E-state index contributed by atoms with van der Waals surface area (Å²) in [6.07, 6.45) is 2.07. The predicted molar refractivity (Wildman–Crippen MR) is 97.8 cm³/mol. The highest BCUT2D eigenvalue weighted by molar-refractivity contribution is 7.89. The van der Waals surface area contributed by atoms with Gasteiger partial charge in [0.05, 0.1) is 4.90 Å². The van der Waals surface area contributed by atoms with E-state index in [4.69, 9.17) is 0 Å². The van der Waals surface area contributed by atoms with Crippen LogP contribution in [0.1, 0.15) is 17.1 Å². The summed E-state index contributed by atoms with van der Waals surface area (Å²) in [5.74, 6) is -0.199. The van der Waals surface area contributed by atoms with Gasteiger partial charge in [0.25, 0.3) is 0 Å². The van der Waals surface area contributed by atoms with Gasteiger partial charge >= 0.3 is 0 Å². The van der Waals surface area contributed by atoms with Gasteiger partial charge in [0, 0.05) is 31.4 Å². The second kappa shape index (κ2) is 7.98. The Bertz CT molecular complexity index is 1030. The lowest BCUT2D eigenvalue weighted by Crippen LogP contribution is -2.27. The van der Waals surface area contributed by atoms with Crippen molar-refractivity contribution in [2.75, 3.05) is 6.54 Å². The maximum Gasteiger partial charge on any atom is 0.240 e. The van der Waals surface area contributed by atoms with E-state index in [-0.39, 0.29) is 17.3 Å². The number of aromatic nitrogens is 2. The van der Waals surface area contributed by atoms with Crippen LogP contribution in [0.2, 0.25) is 0 Å². The van der Waals surface area contributed by atoms with E-state index in [1.54, 1.807) is 18.3 Å². The van der Waals surface area contributed by atoms with E-state index in [0.29, 0.717) is 18.8 Å². The second-order valence-corrected chi connectivity index (χ2v) is 7.90. The molecule has 3 aromatic rings. The van der Waals surface area contributed by atoms with Crippen molar-refractivity contribution in [2.24, 2.45) is 0 Å². The van der Waals surface area contributed by atoms with Crippen LogP contribution in [-0.4, -0.2) is 24.5 Å². The van der Waals surface area contributed by atoms with Gasteiger partial charge in [-0.15, -0.1) is 0 Å². The Hall–Kier alpha value is -2.58. The van der Waals surface area contributed by atoms with Crippen molar-refractivity contribution >= 4 is 10.0 Å². The molecule has 1 aromatic heterocycles. The summed E-state index contributed by atoms with van der Waals surface area (Å²) >= 11 is 0. The molecule has 27 heavy (non-hydrogen) atoms. The molecule has 0 amide bonds. The second-order valence-electron chi connectivity index (χ2n) is 6.13. The number of sulfonamides is 1. The van der Waals surface area contributed by atoms with E-state index < -0.39 is 15.8 Å². The number of rotatable bonds is 7. The standard InChI is InChI=1S/C19H19F2N3O2S/c1-14-12-22-19(24(14)13-15-5-7-16(20)8-6-15)9-10-23-27(25,26)18-4-2-3-17(21)11-18/h2-8,11-12,23H,9-10,13H2,1H3. The summed E-state index contributed by atoms with van der Waals surface area (Å²) in [5, 5.41) is 0. The third kappa shape index (κ3) is 4.78. The van der Waals surface area contributed by atoms with Gasteiger partial charge in [-0.05, 0) is 42.8 Å². The van der Waals surface area contributed by atoms with E-state index in [0.717, 1.165) is 17.3 Å². The summed E-state index contributed by atoms with van der Waals surface area (Å²) in [4.78, 5) is 4.21. The third-order valence-electron chi connectivity index (χ3n) is 4.14. The van der Waals surface area contributed by atoms with Gasteiger partial charge in [0.1, 0.15) is 17.5 Å². The zero-order valence-corrected chi connectivity index (χ0v) is 15.5. The van der Waals surface area contributed by atoms with Crippen LogP contribution in [0.25, 0.3) is 0 Å². The van der Waals surface area contributed by atoms with Gasteiger partial charge < -0.3 is 4.57 Å². The first kappa shape index (κ1) is 19.2. The molecule has 0 atom stereocenters. The van der Waals surface area contributed by atoms with Crippen molar-refractivity contribution in [3.8, 4) is 0 Å². The SMILES string of the molecule is Cc1cnc(CCNS(=O)(=O)c2cccc(F)c2)n1Cc1ccc(F)cc1. The molecule has 142 valence electrons. The van der Waals surface area contributed by atoms with Gasteiger partial charge in [0.2, 0.25) is 10.0 Å². The molecule has 0 aliphatic heterocycles. The largest absolute Gasteiger partial charge is 0.328 e. The summed E-state index contributed by atoms with van der Waals surface area (Å²) in [6.45, 7) is 2.54. The smallest absolute Gasteiger partial charge is 0.240 e. The lowest BCUT2D eigenvalue weighted by atomic mass is 10.2. The van der Waals surface area contributed by atoms with Crippen molar-refractivity contribution < 1.29 is 17.2 Å². The number of imidazole rings is 1. The molecule has 8 heteroatoms. The highest BCUT2D eigenvalue weighted by atomic mass is 32.2. The number of benzene rings is 2. The lowest BCUT2D eigenvalue weighted by Gasteiger charge is -2.11. The number of nitrogens with one attached hydrogen (secondary N) is 1. The molecule has 0 fully saturated rings. The molecule has 2 aromatic carbocycles. The first-order chi connectivity index (χ1) is 12.8. The van der Waals surface area contributed by atoms with Crippen LogP contribution in [-0.2, 0) is 23.0 Å². The number of aryl methyl sites for hydroxylation is 1. The summed E-state index contributed by atoms with van der Waals surface area (Å²) in [6, 6.07) is 11.0. The van der Waals surface area contributed by atoms with Gasteiger partial charge in [-0.3, -0.25) is 0 Å². The molecule has 0 aliphatic rings. The maximum absolute atomic E-state index is 13.2. The molecule has 0 saturated heterocycles. The molecule has 1 N–H and O–H groups in total. The van der Waals surface area contributed by atoms with Crippen molar-refractivity contribution in [2.45, 2.75) is 24.8 Å². The molecule has 0 spiro atoms. The number of nitrogens with zero attached hydrogens (tertiary/aromatic N) is 2. The van der Waals surface area contributed by atoms with Crippen molar-refractivity contribution in [3.05, 3.63) is 83.4 Å². The van der Waals surface area contributed by atoms with E-state index in [2.05, 4.69) is 9.71 Å². The maximum atomic E-state index is 13.2. The van der Waals surface area contributed by atoms with Crippen molar-refractivity contribution in [1.82, 2.24) is 14.3 Å². The molecular weight excluding hydrogens is 372 g/mol. The van der Waals surface area contributed by atoms with Gasteiger partial charge in [-0.1, -0.05) is 18.2 Å². The Morgan fingerprint density at radius 2 is 1.81 bits per heavy atom. The Balaban J connectivity index is 1.67. The molecule has 0 unspecified atom stereocenters. The highest BCUT2D eigenvalue weighted by Gasteiger charge is 2.15. The summed E-state index contributed by atoms with van der Waals surface area (Å²) in [7, 11) is -3.79. The van der Waals surface area contributed by atoms with Gasteiger partial charge in [-0.25, -0.2) is 26.9 Å². The van der Waals surface area contributed by atoms with Gasteiger partial charge in [0.15, 0.2) is 0 Å². The zero-order valence-electron chi connectivity index (χ0n) is 14.7. The molecule has 0 saturated carbocycles. The van der Waals surface area contributed by atoms with E-state index in [9.17, 15) is 17.2 Å². The zero-order chi connectivity index (χ0) is 19.4. The Labute approximate surface area is 156 Å². The Morgan fingerprint density at radius 1 is 1.07 bits per heavy atom. The topological polar surface area (TPSA) is 64.0 Å². The molecule has 1 heterocycles. The van der Waals surface area contributed by atoms with Crippen LogP contribution < -0.4 is 4.72 Å². The van der Waals surface area contributed by atoms with Crippen LogP contribution in [0.4, 0.5) is 8.78 Å². The lowest BCUT2D eigenvalue weighted by molar-refractivity contribution is 0.575.